The number of ether oxygens (including phenoxy) is 1. The summed E-state index contributed by atoms with van der Waals surface area (Å²) in [6.07, 6.45) is 4.94. The number of rotatable bonds is 8. The lowest BCUT2D eigenvalue weighted by Gasteiger charge is -2.32. The van der Waals surface area contributed by atoms with Crippen molar-refractivity contribution >= 4 is 18.3 Å². The number of carbonyl (C=O) groups is 1. The van der Waals surface area contributed by atoms with Gasteiger partial charge in [-0.2, -0.15) is 0 Å². The molecule has 1 amide bonds. The second kappa shape index (κ2) is 11.3. The lowest BCUT2D eigenvalue weighted by atomic mass is 9.93. The summed E-state index contributed by atoms with van der Waals surface area (Å²) in [5.74, 6) is 1.97. The predicted octanol–water partition coefficient (Wildman–Crippen LogP) is 3.29. The van der Waals surface area contributed by atoms with E-state index in [1.54, 1.807) is 0 Å². The van der Waals surface area contributed by atoms with Crippen LogP contribution >= 0.6 is 12.4 Å². The fourth-order valence-corrected chi connectivity index (χ4v) is 3.15. The Morgan fingerprint density at radius 3 is 2.50 bits per heavy atom. The van der Waals surface area contributed by atoms with E-state index in [1.807, 2.05) is 31.0 Å². The molecule has 1 fully saturated rings. The third-order valence-electron chi connectivity index (χ3n) is 4.63. The normalized spacial score (nSPS) is 15.0. The number of nitrogens with one attached hydrogen (secondary N) is 1. The van der Waals surface area contributed by atoms with Gasteiger partial charge in [-0.05, 0) is 69.8 Å². The van der Waals surface area contributed by atoms with Crippen LogP contribution in [0.1, 0.15) is 38.2 Å². The molecular weight excluding hydrogens is 324 g/mol. The molecule has 1 aliphatic heterocycles. The van der Waals surface area contributed by atoms with Gasteiger partial charge < -0.3 is 15.0 Å². The van der Waals surface area contributed by atoms with E-state index in [2.05, 4.69) is 17.4 Å². The Kier molecular flexibility index (Phi) is 9.80. The smallest absolute Gasteiger partial charge is 0.222 e. The molecule has 0 aliphatic carbocycles. The van der Waals surface area contributed by atoms with Gasteiger partial charge in [0.1, 0.15) is 5.75 Å². The molecule has 136 valence electrons. The fourth-order valence-electron chi connectivity index (χ4n) is 3.15. The summed E-state index contributed by atoms with van der Waals surface area (Å²) >= 11 is 0. The predicted molar refractivity (Wildman–Crippen MR) is 101 cm³/mol. The largest absolute Gasteiger partial charge is 0.494 e. The van der Waals surface area contributed by atoms with E-state index in [0.717, 1.165) is 50.6 Å². The van der Waals surface area contributed by atoms with Gasteiger partial charge in [-0.25, -0.2) is 0 Å². The van der Waals surface area contributed by atoms with E-state index >= 15 is 0 Å². The Hall–Kier alpha value is -1.26. The number of halogens is 1. The van der Waals surface area contributed by atoms with Crippen LogP contribution in [0.5, 0.6) is 5.75 Å². The van der Waals surface area contributed by atoms with Gasteiger partial charge in [-0.3, -0.25) is 4.79 Å². The first-order chi connectivity index (χ1) is 11.2. The minimum absolute atomic E-state index is 0. The maximum absolute atomic E-state index is 12.4. The van der Waals surface area contributed by atoms with Gasteiger partial charge in [-0.1, -0.05) is 12.1 Å². The molecule has 2 rings (SSSR count). The molecule has 1 aromatic rings. The van der Waals surface area contributed by atoms with Crippen LogP contribution in [0, 0.1) is 5.92 Å². The molecule has 1 saturated heterocycles. The van der Waals surface area contributed by atoms with Gasteiger partial charge in [0.15, 0.2) is 0 Å². The number of benzene rings is 1. The minimum Gasteiger partial charge on any atom is -0.494 e. The molecule has 5 heteroatoms. The Bertz CT molecular complexity index is 471. The van der Waals surface area contributed by atoms with Crippen molar-refractivity contribution in [2.45, 2.75) is 39.0 Å². The Labute approximate surface area is 152 Å². The molecule has 1 N–H and O–H groups in total. The minimum atomic E-state index is 0. The average molecular weight is 355 g/mol. The first kappa shape index (κ1) is 20.8. The van der Waals surface area contributed by atoms with Crippen LogP contribution in [0.15, 0.2) is 24.3 Å². The molecule has 1 aliphatic rings. The molecule has 0 saturated carbocycles. The zero-order valence-corrected chi connectivity index (χ0v) is 15.7. The molecule has 4 nitrogen and oxygen atoms in total. The van der Waals surface area contributed by atoms with Crippen molar-refractivity contribution in [2.75, 3.05) is 33.3 Å². The molecule has 24 heavy (non-hydrogen) atoms. The number of amides is 1. The zero-order chi connectivity index (χ0) is 16.5. The summed E-state index contributed by atoms with van der Waals surface area (Å²) in [6, 6.07) is 8.08. The molecule has 0 aromatic heterocycles. The number of nitrogens with zero attached hydrogens (tertiary/aromatic N) is 1. The standard InChI is InChI=1S/C19H30N2O2.ClH/c1-3-23-18-7-4-16(5-8-18)6-9-19(22)21-14-11-17(12-15-21)10-13-20-2;/h4-5,7-8,17,20H,3,6,9-15H2,1-2H3;1H. The highest BCUT2D eigenvalue weighted by atomic mass is 35.5. The Balaban J connectivity index is 0.00000288. The maximum atomic E-state index is 12.4. The van der Waals surface area contributed by atoms with Crippen LogP contribution < -0.4 is 10.1 Å². The van der Waals surface area contributed by atoms with Crippen molar-refractivity contribution in [1.29, 1.82) is 0 Å². The zero-order valence-electron chi connectivity index (χ0n) is 14.9. The summed E-state index contributed by atoms with van der Waals surface area (Å²) in [4.78, 5) is 14.4. The first-order valence-electron chi connectivity index (χ1n) is 8.87. The van der Waals surface area contributed by atoms with Gasteiger partial charge in [0.25, 0.3) is 0 Å². The highest BCUT2D eigenvalue weighted by Gasteiger charge is 2.22. The fraction of sp³-hybridized carbons (Fsp3) is 0.632. The van der Waals surface area contributed by atoms with E-state index in [1.165, 1.54) is 12.0 Å². The molecule has 0 atom stereocenters. The van der Waals surface area contributed by atoms with Gasteiger partial charge >= 0.3 is 0 Å². The van der Waals surface area contributed by atoms with Crippen LogP contribution in [-0.4, -0.2) is 44.1 Å². The monoisotopic (exact) mass is 354 g/mol. The van der Waals surface area contributed by atoms with Gasteiger partial charge in [-0.15, -0.1) is 12.4 Å². The number of aryl methyl sites for hydroxylation is 1. The van der Waals surface area contributed by atoms with Crippen molar-refractivity contribution in [1.82, 2.24) is 10.2 Å². The van der Waals surface area contributed by atoms with Crippen molar-refractivity contribution in [3.63, 3.8) is 0 Å². The number of piperidine rings is 1. The summed E-state index contributed by atoms with van der Waals surface area (Å²) < 4.78 is 5.44. The van der Waals surface area contributed by atoms with Crippen LogP contribution in [0.25, 0.3) is 0 Å². The first-order valence-corrected chi connectivity index (χ1v) is 8.87. The molecule has 1 aromatic carbocycles. The maximum Gasteiger partial charge on any atom is 0.222 e. The summed E-state index contributed by atoms with van der Waals surface area (Å²) in [7, 11) is 2.00. The van der Waals surface area contributed by atoms with Crippen LogP contribution in [0.3, 0.4) is 0 Å². The average Bonchev–Trinajstić information content (AvgIpc) is 2.60. The van der Waals surface area contributed by atoms with E-state index in [9.17, 15) is 4.79 Å². The number of hydrogen-bond donors (Lipinski definition) is 1. The molecule has 1 heterocycles. The van der Waals surface area contributed by atoms with Gasteiger partial charge in [0.2, 0.25) is 5.91 Å². The van der Waals surface area contributed by atoms with E-state index < -0.39 is 0 Å². The van der Waals surface area contributed by atoms with Gasteiger partial charge in [0.05, 0.1) is 6.61 Å². The third-order valence-corrected chi connectivity index (χ3v) is 4.63. The Morgan fingerprint density at radius 1 is 1.25 bits per heavy atom. The highest BCUT2D eigenvalue weighted by molar-refractivity contribution is 5.85. The Morgan fingerprint density at radius 2 is 1.92 bits per heavy atom. The quantitative estimate of drug-likeness (QED) is 0.778. The lowest BCUT2D eigenvalue weighted by molar-refractivity contribution is -0.132. The van der Waals surface area contributed by atoms with Crippen LogP contribution in [0.2, 0.25) is 0 Å². The van der Waals surface area contributed by atoms with Crippen molar-refractivity contribution < 1.29 is 9.53 Å². The lowest BCUT2D eigenvalue weighted by Crippen LogP contribution is -2.39. The second-order valence-electron chi connectivity index (χ2n) is 6.29. The summed E-state index contributed by atoms with van der Waals surface area (Å²) in [6.45, 7) is 5.60. The van der Waals surface area contributed by atoms with Crippen LogP contribution in [0.4, 0.5) is 0 Å². The molecule has 0 radical (unpaired) electrons. The van der Waals surface area contributed by atoms with Crippen molar-refractivity contribution in [3.8, 4) is 5.75 Å². The number of carbonyl (C=O) groups excluding carboxylic acids is 1. The third kappa shape index (κ3) is 6.70. The van der Waals surface area contributed by atoms with E-state index in [4.69, 9.17) is 4.74 Å². The topological polar surface area (TPSA) is 41.6 Å². The number of likely N-dealkylation sites (tertiary alicyclic amines) is 1. The molecule has 0 bridgehead atoms. The summed E-state index contributed by atoms with van der Waals surface area (Å²) in [5.41, 5.74) is 1.20. The van der Waals surface area contributed by atoms with Crippen molar-refractivity contribution in [3.05, 3.63) is 29.8 Å². The highest BCUT2D eigenvalue weighted by Crippen LogP contribution is 2.21. The SMILES string of the molecule is CCOc1ccc(CCC(=O)N2CCC(CCNC)CC2)cc1.Cl. The van der Waals surface area contributed by atoms with Gasteiger partial charge in [0, 0.05) is 19.5 Å². The molecule has 0 spiro atoms. The summed E-state index contributed by atoms with van der Waals surface area (Å²) in [5, 5.41) is 3.21. The second-order valence-corrected chi connectivity index (χ2v) is 6.29. The van der Waals surface area contributed by atoms with Crippen LogP contribution in [-0.2, 0) is 11.2 Å². The number of hydrogen-bond acceptors (Lipinski definition) is 3. The van der Waals surface area contributed by atoms with Crippen molar-refractivity contribution in [2.24, 2.45) is 5.92 Å². The molecule has 0 unspecified atom stereocenters. The van der Waals surface area contributed by atoms with E-state index in [0.29, 0.717) is 18.9 Å². The molecular formula is C19H31ClN2O2. The van der Waals surface area contributed by atoms with E-state index in [-0.39, 0.29) is 12.4 Å².